The zero-order valence-electron chi connectivity index (χ0n) is 38.3. The Kier molecular flexibility index (Phi) is 39.7. The number of aliphatic hydroxyl groups excluding tert-OH is 1. The second-order valence-electron chi connectivity index (χ2n) is 17.8. The van der Waals surface area contributed by atoms with E-state index in [9.17, 15) is 19.4 Å². The molecule has 338 valence electrons. The van der Waals surface area contributed by atoms with Gasteiger partial charge < -0.3 is 19.8 Å². The summed E-state index contributed by atoms with van der Waals surface area (Å²) in [7, 11) is 1.57. The highest BCUT2D eigenvalue weighted by Gasteiger charge is 2.27. The van der Waals surface area contributed by atoms with Crippen molar-refractivity contribution in [2.24, 2.45) is 0 Å². The van der Waals surface area contributed by atoms with Gasteiger partial charge in [-0.1, -0.05) is 205 Å². The molecule has 0 aromatic rings. The summed E-state index contributed by atoms with van der Waals surface area (Å²) in [4.78, 5) is 23.1. The van der Waals surface area contributed by atoms with Crippen molar-refractivity contribution >= 4 is 13.7 Å². The average molecular weight is 828 g/mol. The monoisotopic (exact) mass is 828 g/mol. The number of quaternary nitrogens is 1. The van der Waals surface area contributed by atoms with Crippen LogP contribution in [0.5, 0.6) is 0 Å². The van der Waals surface area contributed by atoms with Crippen LogP contribution in [0.25, 0.3) is 0 Å². The van der Waals surface area contributed by atoms with Crippen LogP contribution in [0.2, 0.25) is 0 Å². The Balaban J connectivity index is 4.25. The summed E-state index contributed by atoms with van der Waals surface area (Å²) in [5.74, 6) is -0.177. The molecule has 0 bridgehead atoms. The maximum absolute atomic E-state index is 12.9. The van der Waals surface area contributed by atoms with Crippen LogP contribution in [0.15, 0.2) is 24.3 Å². The number of allylic oxidation sites excluding steroid dienone is 3. The Hall–Kier alpha value is -1.02. The first-order chi connectivity index (χ1) is 27.5. The van der Waals surface area contributed by atoms with Gasteiger partial charge in [-0.15, -0.1) is 0 Å². The van der Waals surface area contributed by atoms with Gasteiger partial charge in [0.05, 0.1) is 39.9 Å². The number of amides is 1. The highest BCUT2D eigenvalue weighted by Crippen LogP contribution is 2.43. The second kappa shape index (κ2) is 40.4. The van der Waals surface area contributed by atoms with Crippen LogP contribution >= 0.6 is 7.82 Å². The van der Waals surface area contributed by atoms with E-state index >= 15 is 0 Å². The molecule has 1 unspecified atom stereocenters. The molecule has 0 aliphatic rings. The van der Waals surface area contributed by atoms with Crippen molar-refractivity contribution < 1.29 is 32.9 Å². The summed E-state index contributed by atoms with van der Waals surface area (Å²) in [5, 5.41) is 13.8. The lowest BCUT2D eigenvalue weighted by atomic mass is 10.0. The van der Waals surface area contributed by atoms with Crippen molar-refractivity contribution in [3.63, 3.8) is 0 Å². The number of phosphoric ester groups is 1. The third-order valence-electron chi connectivity index (χ3n) is 10.9. The molecule has 9 heteroatoms. The van der Waals surface area contributed by atoms with Gasteiger partial charge in [-0.25, -0.2) is 4.57 Å². The fourth-order valence-corrected chi connectivity index (χ4v) is 7.78. The van der Waals surface area contributed by atoms with Crippen molar-refractivity contribution in [2.45, 2.75) is 238 Å². The summed E-state index contributed by atoms with van der Waals surface area (Å²) in [6.07, 6.45) is 48.3. The van der Waals surface area contributed by atoms with Gasteiger partial charge in [-0.05, 0) is 38.5 Å². The highest BCUT2D eigenvalue weighted by molar-refractivity contribution is 7.47. The average Bonchev–Trinajstić information content (AvgIpc) is 3.16. The summed E-state index contributed by atoms with van der Waals surface area (Å²) in [5.41, 5.74) is 0. The molecule has 0 saturated heterocycles. The molecule has 3 N–H and O–H groups in total. The molecule has 0 aliphatic heterocycles. The molecular weight excluding hydrogens is 732 g/mol. The first kappa shape index (κ1) is 56.0. The molecule has 1 amide bonds. The molecule has 0 aromatic heterocycles. The molecule has 0 rings (SSSR count). The Morgan fingerprint density at radius 3 is 1.42 bits per heavy atom. The van der Waals surface area contributed by atoms with Crippen molar-refractivity contribution in [3.8, 4) is 0 Å². The first-order valence-electron chi connectivity index (χ1n) is 24.2. The van der Waals surface area contributed by atoms with Gasteiger partial charge in [0, 0.05) is 6.42 Å². The minimum Gasteiger partial charge on any atom is -0.387 e. The minimum absolute atomic E-state index is 0.0618. The van der Waals surface area contributed by atoms with E-state index < -0.39 is 20.0 Å². The van der Waals surface area contributed by atoms with Crippen LogP contribution in [0.4, 0.5) is 0 Å². The van der Waals surface area contributed by atoms with Crippen LogP contribution in [0.3, 0.4) is 0 Å². The molecule has 57 heavy (non-hydrogen) atoms. The van der Waals surface area contributed by atoms with E-state index in [1.54, 1.807) is 6.08 Å². The van der Waals surface area contributed by atoms with Gasteiger partial charge in [0.1, 0.15) is 13.2 Å². The Morgan fingerprint density at radius 1 is 0.579 bits per heavy atom. The Bertz CT molecular complexity index is 984. The number of aliphatic hydroxyl groups is 1. The Morgan fingerprint density at radius 2 is 0.982 bits per heavy atom. The molecule has 8 nitrogen and oxygen atoms in total. The molecular formula is C48H96N2O6P+. The number of unbranched alkanes of at least 4 members (excludes halogenated alkanes) is 29. The highest BCUT2D eigenvalue weighted by atomic mass is 31.2. The van der Waals surface area contributed by atoms with Gasteiger partial charge in [0.25, 0.3) is 0 Å². The summed E-state index contributed by atoms with van der Waals surface area (Å²) in [6, 6.07) is -0.845. The van der Waals surface area contributed by atoms with Gasteiger partial charge in [0.15, 0.2) is 0 Å². The predicted molar refractivity (Wildman–Crippen MR) is 245 cm³/mol. The summed E-state index contributed by atoms with van der Waals surface area (Å²) >= 11 is 0. The van der Waals surface area contributed by atoms with Crippen LogP contribution in [-0.4, -0.2) is 73.4 Å². The van der Waals surface area contributed by atoms with Crippen molar-refractivity contribution in [1.29, 1.82) is 0 Å². The van der Waals surface area contributed by atoms with Crippen LogP contribution in [-0.2, 0) is 18.4 Å². The topological polar surface area (TPSA) is 105 Å². The van der Waals surface area contributed by atoms with Crippen LogP contribution in [0.1, 0.15) is 226 Å². The van der Waals surface area contributed by atoms with Crippen LogP contribution in [0, 0.1) is 0 Å². The van der Waals surface area contributed by atoms with E-state index in [-0.39, 0.29) is 19.1 Å². The van der Waals surface area contributed by atoms with Gasteiger partial charge in [-0.3, -0.25) is 13.8 Å². The Labute approximate surface area is 354 Å². The molecule has 3 atom stereocenters. The minimum atomic E-state index is -4.34. The maximum Gasteiger partial charge on any atom is 0.472 e. The second-order valence-corrected chi connectivity index (χ2v) is 19.3. The number of rotatable bonds is 44. The van der Waals surface area contributed by atoms with E-state index in [2.05, 4.69) is 31.3 Å². The number of nitrogens with zero attached hydrogens (tertiary/aromatic N) is 1. The third-order valence-corrected chi connectivity index (χ3v) is 11.9. The number of hydrogen-bond donors (Lipinski definition) is 3. The summed E-state index contributed by atoms with van der Waals surface area (Å²) < 4.78 is 23.6. The van der Waals surface area contributed by atoms with E-state index in [0.29, 0.717) is 17.4 Å². The molecule has 0 aromatic carbocycles. The number of hydrogen-bond acceptors (Lipinski definition) is 5. The van der Waals surface area contributed by atoms with Gasteiger partial charge in [0.2, 0.25) is 5.91 Å². The predicted octanol–water partition coefficient (Wildman–Crippen LogP) is 13.7. The van der Waals surface area contributed by atoms with E-state index in [0.717, 1.165) is 38.5 Å². The quantitative estimate of drug-likeness (QED) is 0.0244. The summed E-state index contributed by atoms with van der Waals surface area (Å²) in [6.45, 7) is 4.77. The number of phosphoric acid groups is 1. The fraction of sp³-hybridized carbons (Fsp3) is 0.896. The fourth-order valence-electron chi connectivity index (χ4n) is 7.04. The van der Waals surface area contributed by atoms with Crippen molar-refractivity contribution in [2.75, 3.05) is 40.9 Å². The third kappa shape index (κ3) is 42.9. The smallest absolute Gasteiger partial charge is 0.387 e. The van der Waals surface area contributed by atoms with Gasteiger partial charge >= 0.3 is 7.82 Å². The molecule has 0 heterocycles. The van der Waals surface area contributed by atoms with Gasteiger partial charge in [-0.2, -0.15) is 0 Å². The first-order valence-corrected chi connectivity index (χ1v) is 25.7. The van der Waals surface area contributed by atoms with Crippen LogP contribution < -0.4 is 5.32 Å². The maximum atomic E-state index is 12.9. The number of carbonyl (C=O) groups is 1. The number of carbonyl (C=O) groups excluding carboxylic acids is 1. The molecule has 0 saturated carbocycles. The lowest BCUT2D eigenvalue weighted by molar-refractivity contribution is -0.870. The SMILES string of the molecule is CCC/C=C\CCCCCCCC/C=C/[C@@H](O)[C@H](COP(=O)(O)OCC[N+](C)(C)C)NC(=O)CCCCCCCCCCCCCCCCCCCCCCCC. The van der Waals surface area contributed by atoms with Crippen molar-refractivity contribution in [1.82, 2.24) is 5.32 Å². The normalized spacial score (nSPS) is 14.4. The van der Waals surface area contributed by atoms with E-state index in [4.69, 9.17) is 9.05 Å². The molecule has 0 fully saturated rings. The molecule has 0 radical (unpaired) electrons. The lowest BCUT2D eigenvalue weighted by Gasteiger charge is -2.25. The standard InChI is InChI=1S/C48H95N2O6P/c1-6-8-10-12-14-16-18-20-21-22-23-24-25-26-27-28-30-32-34-36-38-40-42-48(52)49-46(45-56-57(53,54)55-44-43-50(3,4)5)47(51)41-39-37-35-33-31-29-19-17-15-13-11-9-7-2/h11,13,39,41,46-47,51H,6-10,12,14-38,40,42-45H2,1-5H3,(H-,49,52,53,54)/p+1/b13-11-,41-39+/t46-,47+/m0/s1. The number of nitrogens with one attached hydrogen (secondary N) is 1. The molecule has 0 spiro atoms. The largest absolute Gasteiger partial charge is 0.472 e. The lowest BCUT2D eigenvalue weighted by Crippen LogP contribution is -2.45. The van der Waals surface area contributed by atoms with Crippen molar-refractivity contribution in [3.05, 3.63) is 24.3 Å². The zero-order chi connectivity index (χ0) is 42.1. The van der Waals surface area contributed by atoms with E-state index in [1.807, 2.05) is 27.2 Å². The van der Waals surface area contributed by atoms with E-state index in [1.165, 1.54) is 167 Å². The zero-order valence-corrected chi connectivity index (χ0v) is 39.2. The molecule has 0 aliphatic carbocycles. The number of likely N-dealkylation sites (N-methyl/N-ethyl adjacent to an activating group) is 1.